The zero-order chi connectivity index (χ0) is 16.2. The highest BCUT2D eigenvalue weighted by Gasteiger charge is 2.18. The molecular weight excluding hydrogens is 290 g/mol. The summed E-state index contributed by atoms with van der Waals surface area (Å²) in [7, 11) is 1.65. The molecular formula is C19H23NO3. The third kappa shape index (κ3) is 3.42. The van der Waals surface area contributed by atoms with Gasteiger partial charge in [-0.15, -0.1) is 0 Å². The molecule has 0 amide bonds. The molecule has 1 aliphatic rings. The molecule has 1 aliphatic heterocycles. The first-order valence-corrected chi connectivity index (χ1v) is 7.94. The lowest BCUT2D eigenvalue weighted by Crippen LogP contribution is -2.20. The van der Waals surface area contributed by atoms with Crippen LogP contribution in [0.2, 0.25) is 0 Å². The number of methoxy groups -OCH3 is 1. The highest BCUT2D eigenvalue weighted by atomic mass is 16.6. The van der Waals surface area contributed by atoms with E-state index in [0.29, 0.717) is 19.0 Å². The number of fused-ring (bicyclic) bond motifs is 1. The number of aryl methyl sites for hydroxylation is 1. The van der Waals surface area contributed by atoms with Crippen LogP contribution < -0.4 is 19.5 Å². The monoisotopic (exact) mass is 313 g/mol. The Labute approximate surface area is 137 Å². The highest BCUT2D eigenvalue weighted by molar-refractivity contribution is 5.54. The van der Waals surface area contributed by atoms with Crippen molar-refractivity contribution in [2.24, 2.45) is 0 Å². The maximum absolute atomic E-state index is 5.68. The van der Waals surface area contributed by atoms with Crippen LogP contribution in [-0.4, -0.2) is 20.3 Å². The molecule has 2 aromatic rings. The van der Waals surface area contributed by atoms with E-state index in [1.807, 2.05) is 12.1 Å². The molecule has 0 bridgehead atoms. The van der Waals surface area contributed by atoms with E-state index in [9.17, 15) is 0 Å². The van der Waals surface area contributed by atoms with Gasteiger partial charge in [0, 0.05) is 12.6 Å². The van der Waals surface area contributed by atoms with E-state index in [1.165, 1.54) is 11.1 Å². The van der Waals surface area contributed by atoms with Gasteiger partial charge in [-0.05, 0) is 42.7 Å². The molecule has 1 N–H and O–H groups in total. The van der Waals surface area contributed by atoms with Crippen molar-refractivity contribution in [2.45, 2.75) is 26.4 Å². The van der Waals surface area contributed by atoms with Gasteiger partial charge in [-0.3, -0.25) is 0 Å². The Morgan fingerprint density at radius 2 is 1.96 bits per heavy atom. The summed E-state index contributed by atoms with van der Waals surface area (Å²) < 4.78 is 16.8. The van der Waals surface area contributed by atoms with Crippen molar-refractivity contribution >= 4 is 0 Å². The van der Waals surface area contributed by atoms with Gasteiger partial charge in [-0.25, -0.2) is 0 Å². The van der Waals surface area contributed by atoms with Gasteiger partial charge < -0.3 is 19.5 Å². The molecule has 0 spiro atoms. The molecule has 2 aromatic carbocycles. The van der Waals surface area contributed by atoms with Crippen LogP contribution in [0.4, 0.5) is 0 Å². The molecule has 1 atom stereocenters. The molecule has 0 saturated carbocycles. The Morgan fingerprint density at radius 1 is 1.17 bits per heavy atom. The minimum Gasteiger partial charge on any atom is -0.493 e. The molecule has 0 fully saturated rings. The zero-order valence-electron chi connectivity index (χ0n) is 13.9. The van der Waals surface area contributed by atoms with E-state index in [2.05, 4.69) is 43.4 Å². The Bertz CT molecular complexity index is 667. The Balaban J connectivity index is 1.74. The van der Waals surface area contributed by atoms with Gasteiger partial charge >= 0.3 is 0 Å². The van der Waals surface area contributed by atoms with Crippen LogP contribution in [0.25, 0.3) is 0 Å². The summed E-state index contributed by atoms with van der Waals surface area (Å²) in [4.78, 5) is 0. The summed E-state index contributed by atoms with van der Waals surface area (Å²) in [6.45, 7) is 6.19. The number of ether oxygens (including phenoxy) is 3. The van der Waals surface area contributed by atoms with Crippen LogP contribution in [0.5, 0.6) is 17.2 Å². The third-order valence-corrected chi connectivity index (χ3v) is 4.16. The number of hydrogen-bond acceptors (Lipinski definition) is 4. The number of rotatable bonds is 5. The smallest absolute Gasteiger partial charge is 0.203 e. The van der Waals surface area contributed by atoms with Gasteiger partial charge in [0.25, 0.3) is 0 Å². The van der Waals surface area contributed by atoms with Crippen molar-refractivity contribution in [3.8, 4) is 17.2 Å². The molecule has 0 radical (unpaired) electrons. The number of benzene rings is 2. The maximum atomic E-state index is 5.68. The number of nitrogens with one attached hydrogen (secondary N) is 1. The molecule has 4 nitrogen and oxygen atoms in total. The van der Waals surface area contributed by atoms with Gasteiger partial charge in [-0.1, -0.05) is 24.3 Å². The normalized spacial score (nSPS) is 14.4. The maximum Gasteiger partial charge on any atom is 0.203 e. The third-order valence-electron chi connectivity index (χ3n) is 4.16. The lowest BCUT2D eigenvalue weighted by Gasteiger charge is -2.22. The van der Waals surface area contributed by atoms with Gasteiger partial charge in [0.1, 0.15) is 13.2 Å². The first kappa shape index (κ1) is 15.7. The minimum atomic E-state index is 0.274. The summed E-state index contributed by atoms with van der Waals surface area (Å²) in [6.07, 6.45) is 0. The Kier molecular flexibility index (Phi) is 4.72. The molecule has 122 valence electrons. The topological polar surface area (TPSA) is 39.7 Å². The summed E-state index contributed by atoms with van der Waals surface area (Å²) in [6, 6.07) is 12.7. The lowest BCUT2D eigenvalue weighted by atomic mass is 10.0. The second kappa shape index (κ2) is 6.92. The second-order valence-electron chi connectivity index (χ2n) is 5.78. The molecule has 1 unspecified atom stereocenters. The van der Waals surface area contributed by atoms with Crippen molar-refractivity contribution in [3.63, 3.8) is 0 Å². The predicted octanol–water partition coefficient (Wildman–Crippen LogP) is 3.63. The van der Waals surface area contributed by atoms with Crippen LogP contribution in [0.3, 0.4) is 0 Å². The van der Waals surface area contributed by atoms with Crippen molar-refractivity contribution < 1.29 is 14.2 Å². The molecule has 3 rings (SSSR count). The average molecular weight is 313 g/mol. The van der Waals surface area contributed by atoms with Gasteiger partial charge in [0.15, 0.2) is 11.5 Å². The van der Waals surface area contributed by atoms with E-state index < -0.39 is 0 Å². The summed E-state index contributed by atoms with van der Waals surface area (Å²) in [5.74, 6) is 2.19. The first-order chi connectivity index (χ1) is 11.2. The lowest BCUT2D eigenvalue weighted by molar-refractivity contribution is 0.165. The number of hydrogen-bond donors (Lipinski definition) is 1. The Hall–Kier alpha value is -2.20. The van der Waals surface area contributed by atoms with Crippen LogP contribution in [0.1, 0.15) is 29.7 Å². The molecule has 0 saturated heterocycles. The second-order valence-corrected chi connectivity index (χ2v) is 5.78. The zero-order valence-corrected chi connectivity index (χ0v) is 13.9. The minimum absolute atomic E-state index is 0.274. The van der Waals surface area contributed by atoms with E-state index >= 15 is 0 Å². The van der Waals surface area contributed by atoms with Gasteiger partial charge in [0.2, 0.25) is 5.75 Å². The van der Waals surface area contributed by atoms with E-state index in [4.69, 9.17) is 14.2 Å². The predicted molar refractivity (Wildman–Crippen MR) is 90.4 cm³/mol. The van der Waals surface area contributed by atoms with Crippen molar-refractivity contribution in [2.75, 3.05) is 20.3 Å². The molecule has 1 heterocycles. The first-order valence-electron chi connectivity index (χ1n) is 7.94. The van der Waals surface area contributed by atoms with Gasteiger partial charge in [0.05, 0.1) is 7.11 Å². The molecule has 0 aromatic heterocycles. The summed E-state index contributed by atoms with van der Waals surface area (Å²) in [5.41, 5.74) is 3.73. The van der Waals surface area contributed by atoms with Crippen LogP contribution >= 0.6 is 0 Å². The summed E-state index contributed by atoms with van der Waals surface area (Å²) >= 11 is 0. The van der Waals surface area contributed by atoms with Gasteiger partial charge in [-0.2, -0.15) is 0 Å². The fraction of sp³-hybridized carbons (Fsp3) is 0.368. The SMILES string of the molecule is COc1cc(CNC(C)c2ccccc2C)cc2c1OCCO2. The van der Waals surface area contributed by atoms with Crippen molar-refractivity contribution in [1.29, 1.82) is 0 Å². The summed E-state index contributed by atoms with van der Waals surface area (Å²) in [5, 5.41) is 3.56. The molecule has 23 heavy (non-hydrogen) atoms. The fourth-order valence-corrected chi connectivity index (χ4v) is 2.88. The van der Waals surface area contributed by atoms with Crippen LogP contribution in [0, 0.1) is 6.92 Å². The van der Waals surface area contributed by atoms with Crippen LogP contribution in [0.15, 0.2) is 36.4 Å². The largest absolute Gasteiger partial charge is 0.493 e. The van der Waals surface area contributed by atoms with Crippen molar-refractivity contribution in [3.05, 3.63) is 53.1 Å². The Morgan fingerprint density at radius 3 is 2.74 bits per heavy atom. The fourth-order valence-electron chi connectivity index (χ4n) is 2.88. The van der Waals surface area contributed by atoms with E-state index in [1.54, 1.807) is 7.11 Å². The van der Waals surface area contributed by atoms with Crippen LogP contribution in [-0.2, 0) is 6.54 Å². The van der Waals surface area contributed by atoms with E-state index in [0.717, 1.165) is 23.6 Å². The molecule has 0 aliphatic carbocycles. The van der Waals surface area contributed by atoms with Crippen molar-refractivity contribution in [1.82, 2.24) is 5.32 Å². The van der Waals surface area contributed by atoms with E-state index in [-0.39, 0.29) is 6.04 Å². The standard InChI is InChI=1S/C19H23NO3/c1-13-6-4-5-7-16(13)14(2)20-12-15-10-17(21-3)19-18(11-15)22-8-9-23-19/h4-7,10-11,14,20H,8-9,12H2,1-3H3. The highest BCUT2D eigenvalue weighted by Crippen LogP contribution is 2.40. The average Bonchev–Trinajstić information content (AvgIpc) is 2.59. The molecule has 4 heteroatoms. The quantitative estimate of drug-likeness (QED) is 0.915.